The van der Waals surface area contributed by atoms with Gasteiger partial charge in [0.15, 0.2) is 11.3 Å². The zero-order chi connectivity index (χ0) is 18.3. The van der Waals surface area contributed by atoms with Crippen molar-refractivity contribution in [1.82, 2.24) is 25.1 Å². The van der Waals surface area contributed by atoms with E-state index in [1.807, 2.05) is 0 Å². The van der Waals surface area contributed by atoms with Crippen LogP contribution >= 0.6 is 23.2 Å². The molecule has 3 aromatic rings. The predicted octanol–water partition coefficient (Wildman–Crippen LogP) is 4.42. The Labute approximate surface area is 161 Å². The van der Waals surface area contributed by atoms with Crippen LogP contribution in [0.15, 0.2) is 18.5 Å². The number of nitrogens with one attached hydrogen (secondary N) is 2. The molecule has 0 radical (unpaired) electrons. The van der Waals surface area contributed by atoms with Gasteiger partial charge in [0.1, 0.15) is 16.0 Å². The number of fused-ring (bicyclic) bond motifs is 1. The van der Waals surface area contributed by atoms with E-state index < -0.39 is 0 Å². The Kier molecular flexibility index (Phi) is 4.36. The number of aromatic nitrogens is 5. The van der Waals surface area contributed by atoms with Crippen molar-refractivity contribution in [3.05, 3.63) is 28.6 Å². The van der Waals surface area contributed by atoms with Crippen molar-refractivity contribution < 1.29 is 0 Å². The monoisotopic (exact) mass is 391 g/mol. The van der Waals surface area contributed by atoms with Crippen molar-refractivity contribution in [1.29, 1.82) is 0 Å². The van der Waals surface area contributed by atoms with Gasteiger partial charge in [0.2, 0.25) is 5.65 Å². The van der Waals surface area contributed by atoms with Crippen LogP contribution < -0.4 is 10.2 Å². The predicted molar refractivity (Wildman–Crippen MR) is 104 cm³/mol. The van der Waals surface area contributed by atoms with E-state index in [1.165, 1.54) is 0 Å². The van der Waals surface area contributed by atoms with Gasteiger partial charge in [-0.1, -0.05) is 37.0 Å². The Morgan fingerprint density at radius 3 is 2.73 bits per heavy atom. The van der Waals surface area contributed by atoms with E-state index in [9.17, 15) is 0 Å². The van der Waals surface area contributed by atoms with Crippen molar-refractivity contribution in [2.24, 2.45) is 5.41 Å². The highest BCUT2D eigenvalue weighted by Crippen LogP contribution is 2.33. The molecule has 1 saturated heterocycles. The SMILES string of the molecule is CC1(C)CCN(c2cnc3c(Nc4ccnc(Cl)c4Cl)[nH]nc3n2)CC1. The molecule has 0 saturated carbocycles. The maximum atomic E-state index is 6.18. The number of pyridine rings is 1. The van der Waals surface area contributed by atoms with E-state index in [-0.39, 0.29) is 5.15 Å². The molecule has 2 N–H and O–H groups in total. The molecule has 0 amide bonds. The summed E-state index contributed by atoms with van der Waals surface area (Å²) in [5.74, 6) is 1.47. The van der Waals surface area contributed by atoms with Gasteiger partial charge in [-0.05, 0) is 24.3 Å². The molecule has 0 unspecified atom stereocenters. The molecule has 0 aliphatic carbocycles. The van der Waals surface area contributed by atoms with Gasteiger partial charge in [0.05, 0.1) is 11.9 Å². The fourth-order valence-electron chi connectivity index (χ4n) is 3.02. The molecule has 9 heteroatoms. The maximum absolute atomic E-state index is 6.18. The zero-order valence-electron chi connectivity index (χ0n) is 14.6. The molecule has 0 bridgehead atoms. The first kappa shape index (κ1) is 17.3. The summed E-state index contributed by atoms with van der Waals surface area (Å²) in [6.07, 6.45) is 5.65. The number of nitrogens with zero attached hydrogens (tertiary/aromatic N) is 5. The first-order chi connectivity index (χ1) is 12.4. The molecule has 0 atom stereocenters. The molecule has 0 aromatic carbocycles. The second-order valence-electron chi connectivity index (χ2n) is 7.24. The van der Waals surface area contributed by atoms with Crippen molar-refractivity contribution >= 4 is 51.7 Å². The Hall–Kier alpha value is -2.12. The molecule has 0 spiro atoms. The fourth-order valence-corrected chi connectivity index (χ4v) is 3.33. The summed E-state index contributed by atoms with van der Waals surface area (Å²) in [4.78, 5) is 15.4. The van der Waals surface area contributed by atoms with Crippen molar-refractivity contribution in [3.63, 3.8) is 0 Å². The number of aromatic amines is 1. The third-order valence-corrected chi connectivity index (χ3v) is 5.57. The van der Waals surface area contributed by atoms with Gasteiger partial charge < -0.3 is 10.2 Å². The van der Waals surface area contributed by atoms with Crippen LogP contribution in [0.1, 0.15) is 26.7 Å². The maximum Gasteiger partial charge on any atom is 0.203 e. The average Bonchev–Trinajstić information content (AvgIpc) is 3.01. The summed E-state index contributed by atoms with van der Waals surface area (Å²) < 4.78 is 0. The minimum atomic E-state index is 0.238. The Morgan fingerprint density at radius 2 is 1.96 bits per heavy atom. The van der Waals surface area contributed by atoms with Crippen molar-refractivity contribution in [3.8, 4) is 0 Å². The topological polar surface area (TPSA) is 82.6 Å². The summed E-state index contributed by atoms with van der Waals surface area (Å²) in [7, 11) is 0. The highest BCUT2D eigenvalue weighted by molar-refractivity contribution is 6.43. The first-order valence-corrected chi connectivity index (χ1v) is 9.22. The number of halogens is 2. The summed E-state index contributed by atoms with van der Waals surface area (Å²) in [5.41, 5.74) is 2.23. The summed E-state index contributed by atoms with van der Waals surface area (Å²) in [6.45, 7) is 6.57. The second kappa shape index (κ2) is 6.55. The highest BCUT2D eigenvalue weighted by atomic mass is 35.5. The lowest BCUT2D eigenvalue weighted by Gasteiger charge is -2.37. The third-order valence-electron chi connectivity index (χ3n) is 4.80. The normalized spacial score (nSPS) is 16.8. The van der Waals surface area contributed by atoms with Gasteiger partial charge in [0.25, 0.3) is 0 Å². The lowest BCUT2D eigenvalue weighted by Crippen LogP contribution is -2.37. The van der Waals surface area contributed by atoms with Crippen LogP contribution in [-0.4, -0.2) is 38.2 Å². The van der Waals surface area contributed by atoms with Crippen LogP contribution in [-0.2, 0) is 0 Å². The minimum Gasteiger partial charge on any atom is -0.355 e. The number of hydrogen-bond acceptors (Lipinski definition) is 6. The minimum absolute atomic E-state index is 0.238. The van der Waals surface area contributed by atoms with Gasteiger partial charge in [0, 0.05) is 19.3 Å². The molecular weight excluding hydrogens is 373 g/mol. The zero-order valence-corrected chi connectivity index (χ0v) is 16.1. The van der Waals surface area contributed by atoms with Gasteiger partial charge in [-0.3, -0.25) is 5.10 Å². The van der Waals surface area contributed by atoms with Crippen LogP contribution in [0.3, 0.4) is 0 Å². The number of piperidine rings is 1. The molecule has 4 heterocycles. The molecule has 1 aliphatic heterocycles. The molecule has 1 fully saturated rings. The summed E-state index contributed by atoms with van der Waals surface area (Å²) >= 11 is 12.1. The van der Waals surface area contributed by atoms with E-state index in [0.29, 0.717) is 33.1 Å². The quantitative estimate of drug-likeness (QED) is 0.642. The Morgan fingerprint density at radius 1 is 1.19 bits per heavy atom. The first-order valence-electron chi connectivity index (χ1n) is 8.46. The molecule has 3 aromatic heterocycles. The molecule has 26 heavy (non-hydrogen) atoms. The van der Waals surface area contributed by atoms with Crippen LogP contribution in [0.2, 0.25) is 10.2 Å². The molecule has 1 aliphatic rings. The molecular formula is C17H19Cl2N7. The average molecular weight is 392 g/mol. The third kappa shape index (κ3) is 3.29. The van der Waals surface area contributed by atoms with E-state index in [0.717, 1.165) is 31.7 Å². The van der Waals surface area contributed by atoms with Crippen LogP contribution in [0.4, 0.5) is 17.3 Å². The van der Waals surface area contributed by atoms with Gasteiger partial charge in [-0.15, -0.1) is 0 Å². The van der Waals surface area contributed by atoms with Crippen LogP contribution in [0.25, 0.3) is 11.2 Å². The largest absolute Gasteiger partial charge is 0.355 e. The molecule has 4 rings (SSSR count). The van der Waals surface area contributed by atoms with E-state index in [2.05, 4.69) is 49.2 Å². The van der Waals surface area contributed by atoms with Crippen molar-refractivity contribution in [2.45, 2.75) is 26.7 Å². The standard InChI is InChI=1S/C17H19Cl2N7/c1-17(2)4-7-26(8-5-17)11-9-21-13-15(24-25-16(13)23-11)22-10-3-6-20-14(19)12(10)18/h3,6,9H,4-5,7-8H2,1-2H3,(H2,20,22,23,24,25). The molecule has 7 nitrogen and oxygen atoms in total. The van der Waals surface area contributed by atoms with Gasteiger partial charge in [-0.2, -0.15) is 5.10 Å². The van der Waals surface area contributed by atoms with Gasteiger partial charge in [-0.25, -0.2) is 15.0 Å². The number of H-pyrrole nitrogens is 1. The number of anilines is 3. The second-order valence-corrected chi connectivity index (χ2v) is 7.97. The van der Waals surface area contributed by atoms with Crippen LogP contribution in [0, 0.1) is 5.41 Å². The van der Waals surface area contributed by atoms with E-state index in [4.69, 9.17) is 23.2 Å². The Bertz CT molecular complexity index is 943. The van der Waals surface area contributed by atoms with Crippen LogP contribution in [0.5, 0.6) is 0 Å². The fraction of sp³-hybridized carbons (Fsp3) is 0.412. The summed E-state index contributed by atoms with van der Waals surface area (Å²) in [6, 6.07) is 1.73. The van der Waals surface area contributed by atoms with Gasteiger partial charge >= 0.3 is 0 Å². The van der Waals surface area contributed by atoms with E-state index >= 15 is 0 Å². The summed E-state index contributed by atoms with van der Waals surface area (Å²) in [5, 5.41) is 10.9. The lowest BCUT2D eigenvalue weighted by molar-refractivity contribution is 0.279. The highest BCUT2D eigenvalue weighted by Gasteiger charge is 2.26. The lowest BCUT2D eigenvalue weighted by atomic mass is 9.83. The number of rotatable bonds is 3. The Balaban J connectivity index is 1.59. The molecule has 136 valence electrons. The van der Waals surface area contributed by atoms with E-state index in [1.54, 1.807) is 18.5 Å². The van der Waals surface area contributed by atoms with Crippen molar-refractivity contribution in [2.75, 3.05) is 23.3 Å². The number of hydrogen-bond donors (Lipinski definition) is 2. The smallest absolute Gasteiger partial charge is 0.203 e.